The molecule has 0 aliphatic rings. The van der Waals surface area contributed by atoms with E-state index in [0.717, 1.165) is 12.1 Å². The summed E-state index contributed by atoms with van der Waals surface area (Å²) in [6.45, 7) is 3.84. The van der Waals surface area contributed by atoms with Gasteiger partial charge in [0.15, 0.2) is 12.4 Å². The molecule has 0 radical (unpaired) electrons. The second-order valence-electron chi connectivity index (χ2n) is 4.44. The summed E-state index contributed by atoms with van der Waals surface area (Å²) in [6, 6.07) is 3.51. The summed E-state index contributed by atoms with van der Waals surface area (Å²) in [5, 5.41) is 12.5. The minimum Gasteiger partial charge on any atom is -0.484 e. The Hall–Kier alpha value is -2.44. The molecule has 1 aromatic carbocycles. The number of aromatic nitrogens is 2. The Kier molecular flexibility index (Phi) is 3.97. The maximum Gasteiger partial charge on any atom is 0.338 e. The van der Waals surface area contributed by atoms with Crippen molar-refractivity contribution in [1.82, 2.24) is 10.1 Å². The molecule has 0 aliphatic carbocycles. The zero-order chi connectivity index (χ0) is 14.7. The highest BCUT2D eigenvalue weighted by molar-refractivity contribution is 5.88. The van der Waals surface area contributed by atoms with E-state index in [1.54, 1.807) is 0 Å². The number of aromatic carboxylic acids is 1. The van der Waals surface area contributed by atoms with Crippen molar-refractivity contribution in [2.24, 2.45) is 0 Å². The molecule has 0 unspecified atom stereocenters. The molecule has 0 spiro atoms. The van der Waals surface area contributed by atoms with Crippen LogP contribution in [0.3, 0.4) is 0 Å². The van der Waals surface area contributed by atoms with Gasteiger partial charge in [-0.25, -0.2) is 9.18 Å². The van der Waals surface area contributed by atoms with Crippen LogP contribution >= 0.6 is 0 Å². The van der Waals surface area contributed by atoms with Crippen LogP contribution in [0.25, 0.3) is 0 Å². The van der Waals surface area contributed by atoms with Gasteiger partial charge < -0.3 is 14.4 Å². The molecule has 1 aromatic heterocycles. The van der Waals surface area contributed by atoms with Gasteiger partial charge in [-0.05, 0) is 12.1 Å². The first kappa shape index (κ1) is 14.0. The van der Waals surface area contributed by atoms with Crippen molar-refractivity contribution in [3.05, 3.63) is 41.3 Å². The van der Waals surface area contributed by atoms with E-state index in [0.29, 0.717) is 5.82 Å². The largest absolute Gasteiger partial charge is 0.484 e. The summed E-state index contributed by atoms with van der Waals surface area (Å²) in [5.41, 5.74) is -0.405. The van der Waals surface area contributed by atoms with E-state index in [1.807, 2.05) is 13.8 Å². The van der Waals surface area contributed by atoms with Gasteiger partial charge in [-0.1, -0.05) is 19.0 Å². The second-order valence-corrected chi connectivity index (χ2v) is 4.44. The number of ether oxygens (including phenoxy) is 1. The van der Waals surface area contributed by atoms with Crippen molar-refractivity contribution in [2.45, 2.75) is 26.4 Å². The van der Waals surface area contributed by atoms with Crippen LogP contribution in [0.2, 0.25) is 0 Å². The number of benzene rings is 1. The quantitative estimate of drug-likeness (QED) is 0.906. The molecule has 6 nitrogen and oxygen atoms in total. The first-order chi connectivity index (χ1) is 9.47. The molecular weight excluding hydrogens is 267 g/mol. The molecular formula is C13H13FN2O4. The van der Waals surface area contributed by atoms with E-state index in [2.05, 4.69) is 10.1 Å². The molecule has 2 aromatic rings. The molecule has 20 heavy (non-hydrogen) atoms. The van der Waals surface area contributed by atoms with E-state index in [4.69, 9.17) is 14.4 Å². The van der Waals surface area contributed by atoms with Crippen molar-refractivity contribution in [3.8, 4) is 5.75 Å². The summed E-state index contributed by atoms with van der Waals surface area (Å²) in [6.07, 6.45) is 0. The van der Waals surface area contributed by atoms with Crippen molar-refractivity contribution in [2.75, 3.05) is 0 Å². The molecule has 106 valence electrons. The molecule has 0 saturated heterocycles. The maximum absolute atomic E-state index is 13.4. The number of carboxylic acid groups (broad SMARTS) is 1. The third kappa shape index (κ3) is 3.11. The van der Waals surface area contributed by atoms with Gasteiger partial charge in [0.2, 0.25) is 0 Å². The molecule has 0 atom stereocenters. The van der Waals surface area contributed by atoms with Gasteiger partial charge in [0.05, 0.1) is 5.56 Å². The Morgan fingerprint density at radius 1 is 1.50 bits per heavy atom. The molecule has 1 heterocycles. The summed E-state index contributed by atoms with van der Waals surface area (Å²) in [5.74, 6) is -1.01. The molecule has 2 rings (SSSR count). The van der Waals surface area contributed by atoms with E-state index in [1.165, 1.54) is 6.07 Å². The number of rotatable bonds is 5. The Labute approximate surface area is 114 Å². The summed E-state index contributed by atoms with van der Waals surface area (Å²) < 4.78 is 23.7. The summed E-state index contributed by atoms with van der Waals surface area (Å²) >= 11 is 0. The van der Waals surface area contributed by atoms with Gasteiger partial charge in [-0.15, -0.1) is 0 Å². The van der Waals surface area contributed by atoms with E-state index >= 15 is 0 Å². The lowest BCUT2D eigenvalue weighted by molar-refractivity contribution is 0.0691. The lowest BCUT2D eigenvalue weighted by Crippen LogP contribution is -2.02. The fourth-order valence-corrected chi connectivity index (χ4v) is 1.47. The predicted molar refractivity (Wildman–Crippen MR) is 66.1 cm³/mol. The van der Waals surface area contributed by atoms with Gasteiger partial charge in [-0.3, -0.25) is 0 Å². The monoisotopic (exact) mass is 280 g/mol. The Morgan fingerprint density at radius 2 is 2.25 bits per heavy atom. The van der Waals surface area contributed by atoms with Crippen LogP contribution in [-0.4, -0.2) is 21.2 Å². The van der Waals surface area contributed by atoms with Crippen LogP contribution in [0.1, 0.15) is 41.8 Å². The standard InChI is InChI=1S/C13H13FN2O4/c1-7(2)12-15-11(20-16-12)6-19-8-3-4-9(13(17)18)10(14)5-8/h3-5,7H,6H2,1-2H3,(H,17,18). The highest BCUT2D eigenvalue weighted by atomic mass is 19.1. The van der Waals surface area contributed by atoms with Crippen LogP contribution in [0.4, 0.5) is 4.39 Å². The third-order valence-corrected chi connectivity index (χ3v) is 2.53. The number of halogens is 1. The lowest BCUT2D eigenvalue weighted by Gasteiger charge is -2.04. The zero-order valence-corrected chi connectivity index (χ0v) is 11.0. The van der Waals surface area contributed by atoms with Gasteiger partial charge >= 0.3 is 5.97 Å². The second kappa shape index (κ2) is 5.68. The molecule has 0 saturated carbocycles. The van der Waals surface area contributed by atoms with Crippen molar-refractivity contribution < 1.29 is 23.6 Å². The summed E-state index contributed by atoms with van der Waals surface area (Å²) in [4.78, 5) is 14.8. The Balaban J connectivity index is 2.03. The van der Waals surface area contributed by atoms with Gasteiger partial charge in [-0.2, -0.15) is 4.98 Å². The molecule has 0 aliphatic heterocycles. The number of hydrogen-bond donors (Lipinski definition) is 1. The first-order valence-electron chi connectivity index (χ1n) is 5.95. The third-order valence-electron chi connectivity index (χ3n) is 2.53. The van der Waals surface area contributed by atoms with Crippen molar-refractivity contribution >= 4 is 5.97 Å². The van der Waals surface area contributed by atoms with Gasteiger partial charge in [0.1, 0.15) is 11.6 Å². The van der Waals surface area contributed by atoms with E-state index in [9.17, 15) is 9.18 Å². The Bertz CT molecular complexity index is 625. The highest BCUT2D eigenvalue weighted by Gasteiger charge is 2.13. The SMILES string of the molecule is CC(C)c1noc(COc2ccc(C(=O)O)c(F)c2)n1. The number of carboxylic acids is 1. The van der Waals surface area contributed by atoms with E-state index < -0.39 is 17.3 Å². The first-order valence-corrected chi connectivity index (χ1v) is 5.95. The van der Waals surface area contributed by atoms with Crippen molar-refractivity contribution in [1.29, 1.82) is 0 Å². The topological polar surface area (TPSA) is 85.5 Å². The van der Waals surface area contributed by atoms with Crippen LogP contribution in [0, 0.1) is 5.82 Å². The average molecular weight is 280 g/mol. The van der Waals surface area contributed by atoms with Crippen LogP contribution in [0.15, 0.2) is 22.7 Å². The molecule has 7 heteroatoms. The minimum absolute atomic E-state index is 0.00836. The predicted octanol–water partition coefficient (Wildman–Crippen LogP) is 2.61. The fourth-order valence-electron chi connectivity index (χ4n) is 1.47. The number of carbonyl (C=O) groups is 1. The maximum atomic E-state index is 13.4. The normalized spacial score (nSPS) is 10.8. The average Bonchev–Trinajstić information content (AvgIpc) is 2.85. The smallest absolute Gasteiger partial charge is 0.338 e. The Morgan fingerprint density at radius 3 is 2.80 bits per heavy atom. The number of hydrogen-bond acceptors (Lipinski definition) is 5. The highest BCUT2D eigenvalue weighted by Crippen LogP contribution is 2.18. The molecule has 0 amide bonds. The summed E-state index contributed by atoms with van der Waals surface area (Å²) in [7, 11) is 0. The fraction of sp³-hybridized carbons (Fsp3) is 0.308. The van der Waals surface area contributed by atoms with Crippen LogP contribution in [0.5, 0.6) is 5.75 Å². The number of nitrogens with zero attached hydrogens (tertiary/aromatic N) is 2. The minimum atomic E-state index is -1.33. The van der Waals surface area contributed by atoms with Crippen molar-refractivity contribution in [3.63, 3.8) is 0 Å². The van der Waals surface area contributed by atoms with E-state index in [-0.39, 0.29) is 24.2 Å². The molecule has 0 bridgehead atoms. The molecule has 0 fully saturated rings. The van der Waals surface area contributed by atoms with Crippen LogP contribution in [-0.2, 0) is 6.61 Å². The zero-order valence-electron chi connectivity index (χ0n) is 11.0. The lowest BCUT2D eigenvalue weighted by atomic mass is 10.2. The van der Waals surface area contributed by atoms with Gasteiger partial charge in [0, 0.05) is 12.0 Å². The molecule has 1 N–H and O–H groups in total. The van der Waals surface area contributed by atoms with Gasteiger partial charge in [0.25, 0.3) is 5.89 Å². The van der Waals surface area contributed by atoms with Crippen LogP contribution < -0.4 is 4.74 Å².